The third-order valence-corrected chi connectivity index (χ3v) is 1.57. The number of aliphatic hydroxyl groups is 2. The molecule has 1 aromatic heterocycles. The van der Waals surface area contributed by atoms with Crippen LogP contribution in [-0.2, 0) is 0 Å². The van der Waals surface area contributed by atoms with Gasteiger partial charge in [-0.25, -0.2) is 0 Å². The SMILES string of the molecule is COc1cc(C(O)CO)oc1C=O. The Kier molecular flexibility index (Phi) is 3.05. The van der Waals surface area contributed by atoms with Crippen LogP contribution in [-0.4, -0.2) is 30.2 Å². The maximum absolute atomic E-state index is 10.4. The van der Waals surface area contributed by atoms with Crippen molar-refractivity contribution in [3.8, 4) is 5.75 Å². The molecule has 0 saturated heterocycles. The molecule has 0 aliphatic rings. The van der Waals surface area contributed by atoms with Gasteiger partial charge in [0.15, 0.2) is 12.0 Å². The van der Waals surface area contributed by atoms with Gasteiger partial charge in [0.2, 0.25) is 5.76 Å². The predicted molar refractivity (Wildman–Crippen MR) is 42.7 cm³/mol. The minimum Gasteiger partial charge on any atom is -0.493 e. The molecule has 0 bridgehead atoms. The number of hydrogen-bond donors (Lipinski definition) is 2. The molecule has 0 aromatic carbocycles. The van der Waals surface area contributed by atoms with Crippen molar-refractivity contribution in [3.63, 3.8) is 0 Å². The van der Waals surface area contributed by atoms with Gasteiger partial charge in [-0.05, 0) is 0 Å². The van der Waals surface area contributed by atoms with Gasteiger partial charge in [0.05, 0.1) is 13.7 Å². The van der Waals surface area contributed by atoms with E-state index in [1.54, 1.807) is 0 Å². The summed E-state index contributed by atoms with van der Waals surface area (Å²) >= 11 is 0. The van der Waals surface area contributed by atoms with E-state index in [1.807, 2.05) is 0 Å². The maximum Gasteiger partial charge on any atom is 0.208 e. The Hall–Kier alpha value is -1.33. The van der Waals surface area contributed by atoms with Crippen LogP contribution in [0, 0.1) is 0 Å². The highest BCUT2D eigenvalue weighted by Gasteiger charge is 2.16. The minimum atomic E-state index is -1.12. The van der Waals surface area contributed by atoms with Gasteiger partial charge in [-0.3, -0.25) is 4.79 Å². The first-order valence-corrected chi connectivity index (χ1v) is 3.64. The molecule has 0 saturated carbocycles. The zero-order chi connectivity index (χ0) is 9.84. The lowest BCUT2D eigenvalue weighted by Gasteiger charge is -2.00. The molecule has 13 heavy (non-hydrogen) atoms. The molecular weight excluding hydrogens is 176 g/mol. The Balaban J connectivity index is 2.98. The van der Waals surface area contributed by atoms with Crippen molar-refractivity contribution >= 4 is 6.29 Å². The van der Waals surface area contributed by atoms with E-state index >= 15 is 0 Å². The molecule has 1 unspecified atom stereocenters. The Bertz CT molecular complexity index is 291. The van der Waals surface area contributed by atoms with Gasteiger partial charge in [0.1, 0.15) is 11.9 Å². The van der Waals surface area contributed by atoms with Crippen LogP contribution in [0.2, 0.25) is 0 Å². The van der Waals surface area contributed by atoms with Crippen LogP contribution >= 0.6 is 0 Å². The zero-order valence-corrected chi connectivity index (χ0v) is 7.06. The van der Waals surface area contributed by atoms with E-state index in [1.165, 1.54) is 13.2 Å². The van der Waals surface area contributed by atoms with Crippen LogP contribution < -0.4 is 4.74 Å². The first-order chi connectivity index (χ1) is 6.22. The molecule has 1 atom stereocenters. The first kappa shape index (κ1) is 9.76. The number of carbonyl (C=O) groups is 1. The van der Waals surface area contributed by atoms with Crippen molar-refractivity contribution in [2.24, 2.45) is 0 Å². The molecule has 5 nitrogen and oxygen atoms in total. The van der Waals surface area contributed by atoms with Crippen LogP contribution in [0.25, 0.3) is 0 Å². The standard InChI is InChI=1S/C8H10O5/c1-12-7-2-6(5(11)3-9)13-8(7)4-10/h2,4-5,9,11H,3H2,1H3. The normalized spacial score (nSPS) is 12.5. The van der Waals surface area contributed by atoms with Gasteiger partial charge < -0.3 is 19.4 Å². The topological polar surface area (TPSA) is 79.9 Å². The summed E-state index contributed by atoms with van der Waals surface area (Å²) < 4.78 is 9.70. The van der Waals surface area contributed by atoms with Gasteiger partial charge in [0.25, 0.3) is 0 Å². The number of aldehydes is 1. The van der Waals surface area contributed by atoms with Crippen molar-refractivity contribution in [3.05, 3.63) is 17.6 Å². The van der Waals surface area contributed by atoms with Crippen molar-refractivity contribution in [1.29, 1.82) is 0 Å². The largest absolute Gasteiger partial charge is 0.493 e. The lowest BCUT2D eigenvalue weighted by molar-refractivity contribution is 0.0760. The fourth-order valence-corrected chi connectivity index (χ4v) is 0.903. The lowest BCUT2D eigenvalue weighted by Crippen LogP contribution is -2.00. The van der Waals surface area contributed by atoms with Crippen molar-refractivity contribution < 1.29 is 24.2 Å². The fourth-order valence-electron chi connectivity index (χ4n) is 0.903. The van der Waals surface area contributed by atoms with E-state index < -0.39 is 12.7 Å². The summed E-state index contributed by atoms with van der Waals surface area (Å²) in [5, 5.41) is 17.7. The Morgan fingerprint density at radius 2 is 2.46 bits per heavy atom. The predicted octanol–water partition coefficient (Wildman–Crippen LogP) is 0.126. The van der Waals surface area contributed by atoms with Crippen LogP contribution in [0.5, 0.6) is 5.75 Å². The van der Waals surface area contributed by atoms with Crippen LogP contribution in [0.4, 0.5) is 0 Å². The Morgan fingerprint density at radius 3 is 2.85 bits per heavy atom. The molecule has 2 N–H and O–H groups in total. The van der Waals surface area contributed by atoms with Crippen molar-refractivity contribution in [2.75, 3.05) is 13.7 Å². The second-order valence-corrected chi connectivity index (χ2v) is 2.40. The molecule has 0 spiro atoms. The van der Waals surface area contributed by atoms with Gasteiger partial charge in [-0.2, -0.15) is 0 Å². The molecule has 1 aromatic rings. The molecule has 0 radical (unpaired) electrons. The van der Waals surface area contributed by atoms with Gasteiger partial charge >= 0.3 is 0 Å². The number of furan rings is 1. The molecule has 1 heterocycles. The fraction of sp³-hybridized carbons (Fsp3) is 0.375. The van der Waals surface area contributed by atoms with Crippen LogP contribution in [0.15, 0.2) is 10.5 Å². The number of carbonyl (C=O) groups excluding carboxylic acids is 1. The quantitative estimate of drug-likeness (QED) is 0.653. The van der Waals surface area contributed by atoms with E-state index in [9.17, 15) is 4.79 Å². The van der Waals surface area contributed by atoms with Crippen molar-refractivity contribution in [1.82, 2.24) is 0 Å². The van der Waals surface area contributed by atoms with Crippen LogP contribution in [0.3, 0.4) is 0 Å². The number of methoxy groups -OCH3 is 1. The summed E-state index contributed by atoms with van der Waals surface area (Å²) in [7, 11) is 1.38. The first-order valence-electron chi connectivity index (χ1n) is 3.64. The molecular formula is C8H10O5. The van der Waals surface area contributed by atoms with E-state index in [0.29, 0.717) is 6.29 Å². The van der Waals surface area contributed by atoms with E-state index in [0.717, 1.165) is 0 Å². The average Bonchev–Trinajstić information content (AvgIpc) is 2.59. The summed E-state index contributed by atoms with van der Waals surface area (Å²) in [6.07, 6.45) is -0.644. The average molecular weight is 186 g/mol. The number of hydrogen-bond acceptors (Lipinski definition) is 5. The number of ether oxygens (including phenoxy) is 1. The van der Waals surface area contributed by atoms with Gasteiger partial charge in [-0.1, -0.05) is 0 Å². The van der Waals surface area contributed by atoms with Gasteiger partial charge in [-0.15, -0.1) is 0 Å². The maximum atomic E-state index is 10.4. The zero-order valence-electron chi connectivity index (χ0n) is 7.06. The highest BCUT2D eigenvalue weighted by molar-refractivity contribution is 5.75. The van der Waals surface area contributed by atoms with E-state index in [2.05, 4.69) is 0 Å². The molecule has 0 aliphatic heterocycles. The summed E-state index contributed by atoms with van der Waals surface area (Å²) in [4.78, 5) is 10.4. The third-order valence-electron chi connectivity index (χ3n) is 1.57. The molecule has 1 rings (SSSR count). The summed E-state index contributed by atoms with van der Waals surface area (Å²) in [5.74, 6) is 0.365. The molecule has 0 amide bonds. The Labute approximate surface area is 74.5 Å². The second-order valence-electron chi connectivity index (χ2n) is 2.40. The highest BCUT2D eigenvalue weighted by atomic mass is 16.5. The van der Waals surface area contributed by atoms with Crippen molar-refractivity contribution in [2.45, 2.75) is 6.10 Å². The second kappa shape index (κ2) is 4.06. The molecule has 0 fully saturated rings. The van der Waals surface area contributed by atoms with E-state index in [-0.39, 0.29) is 17.3 Å². The summed E-state index contributed by atoms with van der Waals surface area (Å²) in [6, 6.07) is 1.37. The smallest absolute Gasteiger partial charge is 0.208 e. The Morgan fingerprint density at radius 1 is 1.77 bits per heavy atom. The lowest BCUT2D eigenvalue weighted by atomic mass is 10.3. The minimum absolute atomic E-state index is 0.00463. The number of aliphatic hydroxyl groups excluding tert-OH is 2. The molecule has 72 valence electrons. The summed E-state index contributed by atoms with van der Waals surface area (Å²) in [5.41, 5.74) is 0. The molecule has 0 aliphatic carbocycles. The van der Waals surface area contributed by atoms with Crippen LogP contribution in [0.1, 0.15) is 22.4 Å². The highest BCUT2D eigenvalue weighted by Crippen LogP contribution is 2.25. The monoisotopic (exact) mass is 186 g/mol. The van der Waals surface area contributed by atoms with Gasteiger partial charge in [0, 0.05) is 6.07 Å². The molecule has 5 heteroatoms. The van der Waals surface area contributed by atoms with E-state index in [4.69, 9.17) is 19.4 Å². The summed E-state index contributed by atoms with van der Waals surface area (Å²) in [6.45, 7) is -0.463. The number of rotatable bonds is 4. The third kappa shape index (κ3) is 1.88.